The van der Waals surface area contributed by atoms with Crippen LogP contribution in [-0.4, -0.2) is 17.0 Å². The van der Waals surface area contributed by atoms with Crippen molar-refractivity contribution in [3.63, 3.8) is 0 Å². The van der Waals surface area contributed by atoms with Crippen LogP contribution in [0, 0.1) is 0 Å². The first-order valence-electron chi connectivity index (χ1n) is 3.43. The van der Waals surface area contributed by atoms with E-state index in [0.717, 1.165) is 0 Å². The fourth-order valence-electron chi connectivity index (χ4n) is 0.534. The summed E-state index contributed by atoms with van der Waals surface area (Å²) < 4.78 is 0. The molecule has 0 aromatic heterocycles. The summed E-state index contributed by atoms with van der Waals surface area (Å²) in [6, 6.07) is 0. The standard InChI is InChI=1S/C8H14O2/c1-4-7(9)5-8(10)6(2)3/h8,10H,2,4-5H2,1,3H3. The molecule has 0 bridgehead atoms. The molecule has 0 heterocycles. The predicted octanol–water partition coefficient (Wildman–Crippen LogP) is 1.29. The van der Waals surface area contributed by atoms with Gasteiger partial charge in [0.25, 0.3) is 0 Å². The summed E-state index contributed by atoms with van der Waals surface area (Å²) in [7, 11) is 0. The molecule has 0 radical (unpaired) electrons. The van der Waals surface area contributed by atoms with Gasteiger partial charge in [-0.1, -0.05) is 19.1 Å². The van der Waals surface area contributed by atoms with Crippen molar-refractivity contribution >= 4 is 5.78 Å². The summed E-state index contributed by atoms with van der Waals surface area (Å²) in [5.41, 5.74) is 0.654. The van der Waals surface area contributed by atoms with Crippen molar-refractivity contribution in [3.05, 3.63) is 12.2 Å². The van der Waals surface area contributed by atoms with Crippen molar-refractivity contribution in [2.24, 2.45) is 0 Å². The molecule has 0 aromatic rings. The summed E-state index contributed by atoms with van der Waals surface area (Å²) in [6.45, 7) is 7.04. The normalized spacial score (nSPS) is 12.7. The molecule has 10 heavy (non-hydrogen) atoms. The third-order valence-corrected chi connectivity index (χ3v) is 1.38. The number of Topliss-reactive ketones (excluding diaryl/α,β-unsaturated/α-hetero) is 1. The Bertz CT molecular complexity index is 138. The molecule has 0 aliphatic carbocycles. The first-order valence-corrected chi connectivity index (χ1v) is 3.43. The molecule has 0 fully saturated rings. The Hall–Kier alpha value is -0.630. The van der Waals surface area contributed by atoms with Crippen LogP contribution in [-0.2, 0) is 4.79 Å². The molecule has 1 N–H and O–H groups in total. The summed E-state index contributed by atoms with van der Waals surface area (Å²) in [4.78, 5) is 10.7. The molecule has 1 atom stereocenters. The van der Waals surface area contributed by atoms with Gasteiger partial charge in [-0.3, -0.25) is 4.79 Å². The van der Waals surface area contributed by atoms with Gasteiger partial charge in [0, 0.05) is 12.8 Å². The second-order valence-corrected chi connectivity index (χ2v) is 2.46. The van der Waals surface area contributed by atoms with Crippen molar-refractivity contribution in [1.82, 2.24) is 0 Å². The highest BCUT2D eigenvalue weighted by atomic mass is 16.3. The van der Waals surface area contributed by atoms with Gasteiger partial charge in [0.15, 0.2) is 0 Å². The minimum absolute atomic E-state index is 0.0792. The van der Waals surface area contributed by atoms with Crippen molar-refractivity contribution in [1.29, 1.82) is 0 Å². The van der Waals surface area contributed by atoms with Crippen molar-refractivity contribution in [3.8, 4) is 0 Å². The second-order valence-electron chi connectivity index (χ2n) is 2.46. The largest absolute Gasteiger partial charge is 0.388 e. The number of carbonyl (C=O) groups excluding carboxylic acids is 1. The van der Waals surface area contributed by atoms with Gasteiger partial charge in [-0.2, -0.15) is 0 Å². The highest BCUT2D eigenvalue weighted by molar-refractivity contribution is 5.78. The van der Waals surface area contributed by atoms with Crippen LogP contribution in [0.15, 0.2) is 12.2 Å². The third kappa shape index (κ3) is 3.41. The van der Waals surface area contributed by atoms with E-state index in [1.54, 1.807) is 13.8 Å². The van der Waals surface area contributed by atoms with E-state index in [-0.39, 0.29) is 12.2 Å². The van der Waals surface area contributed by atoms with Crippen LogP contribution in [0.5, 0.6) is 0 Å². The predicted molar refractivity (Wildman–Crippen MR) is 40.7 cm³/mol. The Morgan fingerprint density at radius 3 is 2.50 bits per heavy atom. The van der Waals surface area contributed by atoms with Crippen LogP contribution < -0.4 is 0 Å². The van der Waals surface area contributed by atoms with Crippen LogP contribution in [0.25, 0.3) is 0 Å². The smallest absolute Gasteiger partial charge is 0.135 e. The van der Waals surface area contributed by atoms with E-state index in [0.29, 0.717) is 12.0 Å². The van der Waals surface area contributed by atoms with E-state index in [1.807, 2.05) is 0 Å². The van der Waals surface area contributed by atoms with Gasteiger partial charge in [0.05, 0.1) is 6.10 Å². The molecule has 0 aliphatic rings. The van der Waals surface area contributed by atoms with Gasteiger partial charge in [-0.05, 0) is 6.92 Å². The average Bonchev–Trinajstić information content (AvgIpc) is 1.87. The minimum atomic E-state index is -0.646. The lowest BCUT2D eigenvalue weighted by Gasteiger charge is -2.06. The molecule has 0 aromatic carbocycles. The Morgan fingerprint density at radius 2 is 2.20 bits per heavy atom. The Morgan fingerprint density at radius 1 is 1.70 bits per heavy atom. The second kappa shape index (κ2) is 4.23. The molecule has 2 heteroatoms. The van der Waals surface area contributed by atoms with E-state index < -0.39 is 6.10 Å². The molecule has 0 spiro atoms. The lowest BCUT2D eigenvalue weighted by atomic mass is 10.1. The van der Waals surface area contributed by atoms with E-state index >= 15 is 0 Å². The molecule has 0 aliphatic heterocycles. The zero-order valence-corrected chi connectivity index (χ0v) is 6.55. The van der Waals surface area contributed by atoms with E-state index in [2.05, 4.69) is 6.58 Å². The maximum absolute atomic E-state index is 10.7. The van der Waals surface area contributed by atoms with Crippen LogP contribution in [0.1, 0.15) is 26.7 Å². The minimum Gasteiger partial charge on any atom is -0.388 e. The van der Waals surface area contributed by atoms with Crippen LogP contribution in [0.2, 0.25) is 0 Å². The van der Waals surface area contributed by atoms with E-state index in [1.165, 1.54) is 0 Å². The Balaban J connectivity index is 3.68. The number of rotatable bonds is 4. The lowest BCUT2D eigenvalue weighted by molar-refractivity contribution is -0.120. The van der Waals surface area contributed by atoms with Gasteiger partial charge >= 0.3 is 0 Å². The van der Waals surface area contributed by atoms with Gasteiger partial charge in [0.2, 0.25) is 0 Å². The zero-order chi connectivity index (χ0) is 8.15. The van der Waals surface area contributed by atoms with Crippen LogP contribution in [0.3, 0.4) is 0 Å². The SMILES string of the molecule is C=C(C)C(O)CC(=O)CC. The summed E-state index contributed by atoms with van der Waals surface area (Å²) in [5.74, 6) is 0.0792. The van der Waals surface area contributed by atoms with Crippen molar-refractivity contribution in [2.45, 2.75) is 32.8 Å². The van der Waals surface area contributed by atoms with Crippen molar-refractivity contribution < 1.29 is 9.90 Å². The van der Waals surface area contributed by atoms with Gasteiger partial charge in [0.1, 0.15) is 5.78 Å². The molecule has 0 saturated heterocycles. The number of aliphatic hydroxyl groups excluding tert-OH is 1. The molecule has 2 nitrogen and oxygen atoms in total. The van der Waals surface area contributed by atoms with E-state index in [4.69, 9.17) is 5.11 Å². The topological polar surface area (TPSA) is 37.3 Å². The first-order chi connectivity index (χ1) is 4.57. The Kier molecular flexibility index (Phi) is 3.96. The highest BCUT2D eigenvalue weighted by Crippen LogP contribution is 2.04. The lowest BCUT2D eigenvalue weighted by Crippen LogP contribution is -2.13. The quantitative estimate of drug-likeness (QED) is 0.600. The number of hydrogen-bond acceptors (Lipinski definition) is 2. The molecule has 0 rings (SSSR count). The molecule has 1 unspecified atom stereocenters. The van der Waals surface area contributed by atoms with Gasteiger partial charge in [-0.25, -0.2) is 0 Å². The van der Waals surface area contributed by atoms with Crippen LogP contribution in [0.4, 0.5) is 0 Å². The van der Waals surface area contributed by atoms with Gasteiger partial charge < -0.3 is 5.11 Å². The summed E-state index contributed by atoms with van der Waals surface area (Å²) in [6.07, 6.45) is 0.0587. The zero-order valence-electron chi connectivity index (χ0n) is 6.55. The third-order valence-electron chi connectivity index (χ3n) is 1.38. The number of hydrogen-bond donors (Lipinski definition) is 1. The number of ketones is 1. The summed E-state index contributed by atoms with van der Waals surface area (Å²) in [5, 5.41) is 9.11. The van der Waals surface area contributed by atoms with Gasteiger partial charge in [-0.15, -0.1) is 0 Å². The maximum Gasteiger partial charge on any atom is 0.135 e. The molecule has 0 saturated carbocycles. The fourth-order valence-corrected chi connectivity index (χ4v) is 0.534. The van der Waals surface area contributed by atoms with Crippen LogP contribution >= 0.6 is 0 Å². The first kappa shape index (κ1) is 9.37. The number of aliphatic hydroxyl groups is 1. The monoisotopic (exact) mass is 142 g/mol. The molecule has 0 amide bonds. The highest BCUT2D eigenvalue weighted by Gasteiger charge is 2.08. The van der Waals surface area contributed by atoms with Crippen molar-refractivity contribution in [2.75, 3.05) is 0 Å². The Labute approximate surface area is 61.6 Å². The molecular formula is C8H14O2. The average molecular weight is 142 g/mol. The van der Waals surface area contributed by atoms with E-state index in [9.17, 15) is 4.79 Å². The maximum atomic E-state index is 10.7. The summed E-state index contributed by atoms with van der Waals surface area (Å²) >= 11 is 0. The molecule has 58 valence electrons. The number of carbonyl (C=O) groups is 1. The molecular weight excluding hydrogens is 128 g/mol. The fraction of sp³-hybridized carbons (Fsp3) is 0.625.